The van der Waals surface area contributed by atoms with Crippen molar-refractivity contribution in [3.63, 3.8) is 0 Å². The maximum absolute atomic E-state index is 13.1. The maximum atomic E-state index is 13.1. The van der Waals surface area contributed by atoms with Crippen molar-refractivity contribution in [1.82, 2.24) is 9.78 Å². The minimum Gasteiger partial charge on any atom is -0.472 e. The zero-order valence-corrected chi connectivity index (χ0v) is 18.5. The molecule has 2 amide bonds. The second-order valence-electron chi connectivity index (χ2n) is 8.52. The van der Waals surface area contributed by atoms with Crippen LogP contribution in [0.25, 0.3) is 0 Å². The Bertz CT molecular complexity index is 1180. The quantitative estimate of drug-likeness (QED) is 0.750. The van der Waals surface area contributed by atoms with E-state index in [0.717, 1.165) is 48.9 Å². The summed E-state index contributed by atoms with van der Waals surface area (Å²) in [6, 6.07) is 1.56. The Balaban J connectivity index is 1.50. The van der Waals surface area contributed by atoms with Gasteiger partial charge in [-0.3, -0.25) is 0 Å². The highest BCUT2D eigenvalue weighted by Crippen LogP contribution is 2.44. The van der Waals surface area contributed by atoms with Crippen LogP contribution >= 0.6 is 0 Å². The van der Waals surface area contributed by atoms with Crippen LogP contribution in [0.4, 0.5) is 10.5 Å². The number of nitrogens with two attached hydrogens (primary N) is 1. The molecule has 0 fully saturated rings. The topological polar surface area (TPSA) is 121 Å². The molecule has 5 rings (SSSR count). The molecule has 0 bridgehead atoms. The molecule has 9 nitrogen and oxygen atoms in total. The maximum Gasteiger partial charge on any atom is 0.354 e. The van der Waals surface area contributed by atoms with E-state index in [2.05, 4.69) is 20.8 Å². The second kappa shape index (κ2) is 7.61. The van der Waals surface area contributed by atoms with E-state index in [1.54, 1.807) is 11.8 Å². The number of anilines is 1. The Labute approximate surface area is 181 Å². The molecule has 3 N–H and O–H groups in total. The second-order valence-corrected chi connectivity index (χ2v) is 10.3. The lowest BCUT2D eigenvalue weighted by Gasteiger charge is -2.19. The molecule has 166 valence electrons. The lowest BCUT2D eigenvalue weighted by Crippen LogP contribution is -2.20. The number of urea groups is 1. The lowest BCUT2D eigenvalue weighted by atomic mass is 9.94. The summed E-state index contributed by atoms with van der Waals surface area (Å²) in [5, 5.41) is 13.1. The molecule has 3 atom stereocenters. The number of aromatic nitrogens is 2. The van der Waals surface area contributed by atoms with Crippen LogP contribution in [0.2, 0.25) is 0 Å². The first-order chi connectivity index (χ1) is 14.9. The van der Waals surface area contributed by atoms with Crippen LogP contribution in [0.3, 0.4) is 0 Å². The third-order valence-electron chi connectivity index (χ3n) is 6.33. The number of fused-ring (bicyclic) bond motifs is 3. The highest BCUT2D eigenvalue weighted by atomic mass is 32.2. The van der Waals surface area contributed by atoms with Gasteiger partial charge < -0.3 is 14.8 Å². The first-order valence-corrected chi connectivity index (χ1v) is 12.2. The largest absolute Gasteiger partial charge is 0.472 e. The minimum absolute atomic E-state index is 0.0984. The van der Waals surface area contributed by atoms with Crippen LogP contribution in [0.15, 0.2) is 21.5 Å². The van der Waals surface area contributed by atoms with E-state index >= 15 is 0 Å². The number of carbonyl (C=O) groups is 1. The summed E-state index contributed by atoms with van der Waals surface area (Å²) < 4.78 is 29.7. The van der Waals surface area contributed by atoms with Crippen molar-refractivity contribution < 1.29 is 18.5 Å². The van der Waals surface area contributed by atoms with E-state index in [0.29, 0.717) is 19.0 Å². The smallest absolute Gasteiger partial charge is 0.354 e. The van der Waals surface area contributed by atoms with E-state index in [4.69, 9.17) is 14.6 Å². The van der Waals surface area contributed by atoms with Gasteiger partial charge in [0.2, 0.25) is 5.88 Å². The summed E-state index contributed by atoms with van der Waals surface area (Å²) in [5.41, 5.74) is 5.61. The first kappa shape index (κ1) is 20.5. The monoisotopic (exact) mass is 445 g/mol. The molecule has 1 aromatic heterocycles. The minimum atomic E-state index is -3.51. The van der Waals surface area contributed by atoms with Gasteiger partial charge in [-0.15, -0.1) is 4.36 Å². The number of methoxy groups -OCH3 is 1. The standard InChI is InChI=1S/C21H27N5O4S/c1-12-10-26-20(30-12)17(9-23-26)31(22,28)25-21(27)24-19-16-5-3-4-13(16)8-14-6-7-15(11-29-2)18(14)19/h8-9,12,15H,3-7,10-11H2,1-2H3,(H3,22,24,25,27,28)/t12-,15+,31+/m1/s1. The van der Waals surface area contributed by atoms with Gasteiger partial charge in [0.1, 0.15) is 11.0 Å². The van der Waals surface area contributed by atoms with Crippen LogP contribution in [-0.4, -0.2) is 39.8 Å². The fourth-order valence-corrected chi connectivity index (χ4v) is 6.05. The van der Waals surface area contributed by atoms with E-state index < -0.39 is 15.9 Å². The van der Waals surface area contributed by atoms with Crippen molar-refractivity contribution in [2.45, 2.75) is 62.5 Å². The van der Waals surface area contributed by atoms with Gasteiger partial charge in [0.15, 0.2) is 9.92 Å². The highest BCUT2D eigenvalue weighted by Gasteiger charge is 2.32. The molecule has 0 radical (unpaired) electrons. The SMILES string of the molecule is COC[C@@H]1CCc2cc3c(c(NC(=O)N=[S@](N)(=O)c4cnn5c4O[C@H](C)C5)c21)CCC3. The Morgan fingerprint density at radius 3 is 3.06 bits per heavy atom. The Morgan fingerprint density at radius 1 is 1.42 bits per heavy atom. The van der Waals surface area contributed by atoms with Crippen LogP contribution in [0.5, 0.6) is 5.88 Å². The number of carbonyl (C=O) groups excluding carboxylic acids is 1. The van der Waals surface area contributed by atoms with Gasteiger partial charge in [0.25, 0.3) is 0 Å². The number of hydrogen-bond donors (Lipinski definition) is 2. The van der Waals surface area contributed by atoms with E-state index in [1.165, 1.54) is 17.3 Å². The Kier molecular flexibility index (Phi) is 5.03. The molecule has 0 spiro atoms. The average Bonchev–Trinajstić information content (AvgIpc) is 3.45. The molecule has 1 aromatic carbocycles. The third-order valence-corrected chi connectivity index (χ3v) is 7.68. The van der Waals surface area contributed by atoms with Gasteiger partial charge in [-0.05, 0) is 61.3 Å². The van der Waals surface area contributed by atoms with Gasteiger partial charge in [0, 0.05) is 18.7 Å². The fourth-order valence-electron chi connectivity index (χ4n) is 5.06. The fraction of sp³-hybridized carbons (Fsp3) is 0.524. The molecular formula is C21H27N5O4S. The predicted molar refractivity (Wildman–Crippen MR) is 116 cm³/mol. The molecule has 0 saturated heterocycles. The summed E-state index contributed by atoms with van der Waals surface area (Å²) in [6.45, 7) is 3.02. The normalized spacial score (nSPS) is 22.9. The Hall–Kier alpha value is -2.43. The molecule has 0 unspecified atom stereocenters. The molecule has 3 aliphatic rings. The summed E-state index contributed by atoms with van der Waals surface area (Å²) in [4.78, 5) is 13.1. The van der Waals surface area contributed by atoms with Gasteiger partial charge in [-0.1, -0.05) is 6.07 Å². The number of hydrogen-bond acceptors (Lipinski definition) is 5. The molecule has 2 aliphatic carbocycles. The molecule has 10 heteroatoms. The number of amides is 2. The van der Waals surface area contributed by atoms with Crippen LogP contribution < -0.4 is 15.2 Å². The molecule has 1 aliphatic heterocycles. The number of ether oxygens (including phenoxy) is 2. The molecule has 2 aromatic rings. The predicted octanol–water partition coefficient (Wildman–Crippen LogP) is 2.76. The summed E-state index contributed by atoms with van der Waals surface area (Å²) in [5.74, 6) is 0.537. The Morgan fingerprint density at radius 2 is 2.26 bits per heavy atom. The van der Waals surface area contributed by atoms with Crippen LogP contribution in [-0.2, 0) is 40.5 Å². The third kappa shape index (κ3) is 3.52. The van der Waals surface area contributed by atoms with Crippen LogP contribution in [0.1, 0.15) is 47.9 Å². The lowest BCUT2D eigenvalue weighted by molar-refractivity contribution is 0.179. The molecule has 31 heavy (non-hydrogen) atoms. The molecule has 2 heterocycles. The average molecular weight is 446 g/mol. The number of nitrogens with one attached hydrogen (secondary N) is 1. The number of benzene rings is 1. The van der Waals surface area contributed by atoms with Crippen molar-refractivity contribution in [2.75, 3.05) is 19.0 Å². The van der Waals surface area contributed by atoms with Crippen molar-refractivity contribution in [2.24, 2.45) is 9.50 Å². The highest BCUT2D eigenvalue weighted by molar-refractivity contribution is 7.91. The summed E-state index contributed by atoms with van der Waals surface area (Å²) in [7, 11) is -1.82. The van der Waals surface area contributed by atoms with Gasteiger partial charge >= 0.3 is 6.03 Å². The van der Waals surface area contributed by atoms with Crippen molar-refractivity contribution >= 4 is 21.6 Å². The zero-order chi connectivity index (χ0) is 21.8. The summed E-state index contributed by atoms with van der Waals surface area (Å²) >= 11 is 0. The summed E-state index contributed by atoms with van der Waals surface area (Å²) in [6.07, 6.45) is 6.17. The van der Waals surface area contributed by atoms with Crippen molar-refractivity contribution in [1.29, 1.82) is 0 Å². The molecule has 0 saturated carbocycles. The number of nitrogens with zero attached hydrogens (tertiary/aromatic N) is 3. The van der Waals surface area contributed by atoms with E-state index in [9.17, 15) is 9.00 Å². The van der Waals surface area contributed by atoms with Gasteiger partial charge in [-0.2, -0.15) is 5.10 Å². The van der Waals surface area contributed by atoms with Gasteiger partial charge in [0.05, 0.1) is 19.3 Å². The van der Waals surface area contributed by atoms with E-state index in [1.807, 2.05) is 6.92 Å². The van der Waals surface area contributed by atoms with E-state index in [-0.39, 0.29) is 16.9 Å². The van der Waals surface area contributed by atoms with Crippen LogP contribution in [0, 0.1) is 0 Å². The number of rotatable bonds is 4. The zero-order valence-electron chi connectivity index (χ0n) is 17.7. The first-order valence-electron chi connectivity index (χ1n) is 10.6. The number of aryl methyl sites for hydroxylation is 2. The van der Waals surface area contributed by atoms with Crippen molar-refractivity contribution in [3.8, 4) is 5.88 Å². The van der Waals surface area contributed by atoms with Crippen molar-refractivity contribution in [3.05, 3.63) is 34.5 Å². The molecular weight excluding hydrogens is 418 g/mol. The van der Waals surface area contributed by atoms with Gasteiger partial charge in [-0.25, -0.2) is 18.8 Å².